The Kier molecular flexibility index (Phi) is 5.46. The smallest absolute Gasteiger partial charge is 0.264 e. The Morgan fingerprint density at radius 2 is 1.82 bits per heavy atom. The Balaban J connectivity index is 1.63. The number of nitrogens with one attached hydrogen (secondary N) is 2. The number of pyridine rings is 1. The monoisotopic (exact) mass is 400 g/mol. The van der Waals surface area contributed by atoms with E-state index in [1.807, 2.05) is 40.4 Å². The third-order valence-corrected chi connectivity index (χ3v) is 5.59. The predicted octanol–water partition coefficient (Wildman–Crippen LogP) is 2.04. The van der Waals surface area contributed by atoms with Crippen LogP contribution in [0.3, 0.4) is 0 Å². The molecule has 0 bridgehead atoms. The minimum absolute atomic E-state index is 0.0537. The molecule has 28 heavy (non-hydrogen) atoms. The first-order chi connectivity index (χ1) is 13.3. The molecule has 0 aliphatic heterocycles. The van der Waals surface area contributed by atoms with Gasteiger partial charge in [-0.05, 0) is 49.7 Å². The van der Waals surface area contributed by atoms with Crippen molar-refractivity contribution in [2.45, 2.75) is 31.6 Å². The summed E-state index contributed by atoms with van der Waals surface area (Å²) in [5.41, 5.74) is 3.17. The van der Waals surface area contributed by atoms with Crippen molar-refractivity contribution >= 4 is 33.2 Å². The average molecular weight is 400 g/mol. The Bertz CT molecular complexity index is 1130. The van der Waals surface area contributed by atoms with Crippen molar-refractivity contribution in [3.63, 3.8) is 0 Å². The minimum atomic E-state index is -3.89. The standard InChI is InChI=1S/C19H20N4O4S/c1-13-17(23-12-4-3-5-18(23)20-13)10-11-19(25)21-15-6-8-16(9-7-15)28(26,27)22-14(2)24/h3-9,12H,10-11H2,1-2H3,(H,21,25)(H,22,24). The molecule has 3 aromatic rings. The number of hydrogen-bond donors (Lipinski definition) is 2. The second-order valence-corrected chi connectivity index (χ2v) is 7.99. The molecule has 146 valence electrons. The summed E-state index contributed by atoms with van der Waals surface area (Å²) in [5.74, 6) is -0.859. The highest BCUT2D eigenvalue weighted by Gasteiger charge is 2.15. The van der Waals surface area contributed by atoms with E-state index in [4.69, 9.17) is 0 Å². The minimum Gasteiger partial charge on any atom is -0.326 e. The van der Waals surface area contributed by atoms with Crippen LogP contribution in [0.15, 0.2) is 53.6 Å². The second-order valence-electron chi connectivity index (χ2n) is 6.31. The summed E-state index contributed by atoms with van der Waals surface area (Å²) in [7, 11) is -3.89. The quantitative estimate of drug-likeness (QED) is 0.658. The molecule has 2 heterocycles. The molecule has 0 unspecified atom stereocenters. The lowest BCUT2D eigenvalue weighted by Gasteiger charge is -2.08. The molecule has 1 aromatic carbocycles. The van der Waals surface area contributed by atoms with Crippen LogP contribution in [-0.4, -0.2) is 29.6 Å². The van der Waals surface area contributed by atoms with E-state index in [9.17, 15) is 18.0 Å². The van der Waals surface area contributed by atoms with Gasteiger partial charge in [-0.3, -0.25) is 9.59 Å². The fourth-order valence-electron chi connectivity index (χ4n) is 2.89. The van der Waals surface area contributed by atoms with Crippen molar-refractivity contribution in [2.75, 3.05) is 5.32 Å². The lowest BCUT2D eigenvalue weighted by Crippen LogP contribution is -2.28. The van der Waals surface area contributed by atoms with Crippen LogP contribution < -0.4 is 10.0 Å². The van der Waals surface area contributed by atoms with Crippen molar-refractivity contribution in [3.8, 4) is 0 Å². The van der Waals surface area contributed by atoms with Crippen LogP contribution >= 0.6 is 0 Å². The van der Waals surface area contributed by atoms with Crippen LogP contribution in [0.1, 0.15) is 24.7 Å². The van der Waals surface area contributed by atoms with E-state index in [1.165, 1.54) is 24.3 Å². The maximum Gasteiger partial charge on any atom is 0.264 e. The predicted molar refractivity (Wildman–Crippen MR) is 104 cm³/mol. The van der Waals surface area contributed by atoms with Crippen molar-refractivity contribution in [1.29, 1.82) is 0 Å². The van der Waals surface area contributed by atoms with Gasteiger partial charge < -0.3 is 9.72 Å². The Hall–Kier alpha value is -3.20. The lowest BCUT2D eigenvalue weighted by atomic mass is 10.2. The first-order valence-corrected chi connectivity index (χ1v) is 10.1. The fourth-order valence-corrected chi connectivity index (χ4v) is 3.88. The van der Waals surface area contributed by atoms with Crippen molar-refractivity contribution < 1.29 is 18.0 Å². The van der Waals surface area contributed by atoms with Crippen molar-refractivity contribution in [2.24, 2.45) is 0 Å². The van der Waals surface area contributed by atoms with Crippen LogP contribution in [0.2, 0.25) is 0 Å². The number of anilines is 1. The molecule has 0 aliphatic carbocycles. The Morgan fingerprint density at radius 1 is 1.11 bits per heavy atom. The molecule has 3 rings (SSSR count). The van der Waals surface area contributed by atoms with Gasteiger partial charge in [0.25, 0.3) is 10.0 Å². The zero-order valence-corrected chi connectivity index (χ0v) is 16.3. The molecular weight excluding hydrogens is 380 g/mol. The van der Waals surface area contributed by atoms with Gasteiger partial charge in [-0.15, -0.1) is 0 Å². The van der Waals surface area contributed by atoms with Crippen LogP contribution in [0.5, 0.6) is 0 Å². The van der Waals surface area contributed by atoms with Gasteiger partial charge in [-0.25, -0.2) is 18.1 Å². The molecule has 9 heteroatoms. The largest absolute Gasteiger partial charge is 0.326 e. The van der Waals surface area contributed by atoms with E-state index >= 15 is 0 Å². The molecule has 0 saturated heterocycles. The van der Waals surface area contributed by atoms with Gasteiger partial charge in [0.1, 0.15) is 5.65 Å². The molecule has 0 aliphatic rings. The number of carbonyl (C=O) groups is 2. The lowest BCUT2D eigenvalue weighted by molar-refractivity contribution is -0.117. The molecule has 0 saturated carbocycles. The Labute approximate surface area is 162 Å². The number of nitrogens with zero attached hydrogens (tertiary/aromatic N) is 2. The first-order valence-electron chi connectivity index (χ1n) is 8.62. The van der Waals surface area contributed by atoms with E-state index in [2.05, 4.69) is 10.3 Å². The van der Waals surface area contributed by atoms with Gasteiger partial charge in [0.05, 0.1) is 10.6 Å². The van der Waals surface area contributed by atoms with Crippen LogP contribution in [0.4, 0.5) is 5.69 Å². The van der Waals surface area contributed by atoms with Gasteiger partial charge in [0.15, 0.2) is 0 Å². The highest BCUT2D eigenvalue weighted by molar-refractivity contribution is 7.90. The molecule has 0 radical (unpaired) electrons. The summed E-state index contributed by atoms with van der Waals surface area (Å²) >= 11 is 0. The first kappa shape index (κ1) is 19.6. The number of imidazole rings is 1. The van der Waals surface area contributed by atoms with E-state index < -0.39 is 15.9 Å². The third-order valence-electron chi connectivity index (χ3n) is 4.14. The summed E-state index contributed by atoms with van der Waals surface area (Å²) in [5, 5.41) is 2.74. The normalized spacial score (nSPS) is 11.4. The molecule has 0 spiro atoms. The molecule has 2 aromatic heterocycles. The molecular formula is C19H20N4O4S. The molecule has 2 N–H and O–H groups in total. The number of aromatic nitrogens is 2. The fraction of sp³-hybridized carbons (Fsp3) is 0.211. The Morgan fingerprint density at radius 3 is 2.50 bits per heavy atom. The number of rotatable bonds is 6. The van der Waals surface area contributed by atoms with Gasteiger partial charge in [0.2, 0.25) is 11.8 Å². The third kappa shape index (κ3) is 4.37. The van der Waals surface area contributed by atoms with Gasteiger partial charge in [-0.1, -0.05) is 6.07 Å². The van der Waals surface area contributed by atoms with Crippen LogP contribution in [0, 0.1) is 6.92 Å². The number of carbonyl (C=O) groups excluding carboxylic acids is 2. The van der Waals surface area contributed by atoms with Gasteiger partial charge in [0, 0.05) is 30.9 Å². The molecule has 8 nitrogen and oxygen atoms in total. The zero-order valence-electron chi connectivity index (χ0n) is 15.5. The highest BCUT2D eigenvalue weighted by atomic mass is 32.2. The maximum atomic E-state index is 12.3. The average Bonchev–Trinajstić information content (AvgIpc) is 2.94. The SMILES string of the molecule is CC(=O)NS(=O)(=O)c1ccc(NC(=O)CCc2c(C)nc3ccccn23)cc1. The second kappa shape index (κ2) is 7.81. The number of hydrogen-bond acceptors (Lipinski definition) is 5. The maximum absolute atomic E-state index is 12.3. The number of benzene rings is 1. The van der Waals surface area contributed by atoms with Crippen molar-refractivity contribution in [1.82, 2.24) is 14.1 Å². The summed E-state index contributed by atoms with van der Waals surface area (Å²) in [6.45, 7) is 3.03. The van der Waals surface area contributed by atoms with E-state index in [-0.39, 0.29) is 17.2 Å². The van der Waals surface area contributed by atoms with Crippen LogP contribution in [-0.2, 0) is 26.0 Å². The van der Waals surface area contributed by atoms with Crippen molar-refractivity contribution in [3.05, 3.63) is 60.0 Å². The van der Waals surface area contributed by atoms with Gasteiger partial charge in [-0.2, -0.15) is 0 Å². The summed E-state index contributed by atoms with van der Waals surface area (Å²) < 4.78 is 27.7. The van der Waals surface area contributed by atoms with E-state index in [0.717, 1.165) is 24.0 Å². The highest BCUT2D eigenvalue weighted by Crippen LogP contribution is 2.16. The van der Waals surface area contributed by atoms with E-state index in [0.29, 0.717) is 12.1 Å². The molecule has 2 amide bonds. The number of aryl methyl sites for hydroxylation is 2. The number of amides is 2. The van der Waals surface area contributed by atoms with E-state index in [1.54, 1.807) is 0 Å². The van der Waals surface area contributed by atoms with Crippen LogP contribution in [0.25, 0.3) is 5.65 Å². The number of fused-ring (bicyclic) bond motifs is 1. The molecule has 0 atom stereocenters. The zero-order chi connectivity index (χ0) is 20.3. The summed E-state index contributed by atoms with van der Waals surface area (Å²) in [4.78, 5) is 27.7. The topological polar surface area (TPSA) is 110 Å². The van der Waals surface area contributed by atoms with Gasteiger partial charge >= 0.3 is 0 Å². The summed E-state index contributed by atoms with van der Waals surface area (Å²) in [6, 6.07) is 11.3. The summed E-state index contributed by atoms with van der Waals surface area (Å²) in [6.07, 6.45) is 2.70. The number of sulfonamides is 1. The molecule has 0 fully saturated rings.